The van der Waals surface area contributed by atoms with Crippen LogP contribution in [-0.4, -0.2) is 26.4 Å². The minimum absolute atomic E-state index is 0.563. The van der Waals surface area contributed by atoms with Crippen molar-refractivity contribution in [1.29, 1.82) is 0 Å². The molecule has 5 aromatic rings. The third kappa shape index (κ3) is 4.61. The molecule has 0 unspecified atom stereocenters. The van der Waals surface area contributed by atoms with Gasteiger partial charge in [0.1, 0.15) is 12.4 Å². The lowest BCUT2D eigenvalue weighted by molar-refractivity contribution is 0.244. The summed E-state index contributed by atoms with van der Waals surface area (Å²) in [7, 11) is 0. The summed E-state index contributed by atoms with van der Waals surface area (Å²) in [6.07, 6.45) is 5.00. The van der Waals surface area contributed by atoms with Crippen molar-refractivity contribution < 1.29 is 4.74 Å². The van der Waals surface area contributed by atoms with Crippen molar-refractivity contribution in [2.45, 2.75) is 26.1 Å². The van der Waals surface area contributed by atoms with Crippen molar-refractivity contribution in [3.8, 4) is 17.1 Å². The van der Waals surface area contributed by atoms with Crippen LogP contribution in [0.5, 0.6) is 5.75 Å². The number of anilines is 1. The largest absolute Gasteiger partial charge is 0.489 e. The molecular weight excluding hydrogens is 434 g/mol. The number of nitrogens with two attached hydrogens (primary N) is 1. The Hall–Kier alpha value is -4.16. The number of nitrogen functional groups attached to an aromatic ring is 1. The molecule has 0 amide bonds. The summed E-state index contributed by atoms with van der Waals surface area (Å²) >= 11 is 0. The summed E-state index contributed by atoms with van der Waals surface area (Å²) in [5.74, 6) is 1.65. The molecule has 2 aromatic heterocycles. The predicted octanol–water partition coefficient (Wildman–Crippen LogP) is 5.34. The molecule has 0 atom stereocenters. The van der Waals surface area contributed by atoms with Crippen molar-refractivity contribution in [2.75, 3.05) is 12.3 Å². The maximum Gasteiger partial charge on any atom is 0.159 e. The first-order chi connectivity index (χ1) is 17.2. The van der Waals surface area contributed by atoms with E-state index in [1.165, 1.54) is 16.5 Å². The van der Waals surface area contributed by atoms with Crippen LogP contribution in [0.4, 0.5) is 5.69 Å². The van der Waals surface area contributed by atoms with E-state index in [1.54, 1.807) is 0 Å². The van der Waals surface area contributed by atoms with Crippen molar-refractivity contribution in [1.82, 2.24) is 19.9 Å². The molecule has 3 N–H and O–H groups in total. The molecule has 3 heterocycles. The summed E-state index contributed by atoms with van der Waals surface area (Å²) < 4.78 is 6.06. The number of nitrogens with one attached hydrogen (secondary N) is 1. The van der Waals surface area contributed by atoms with E-state index in [0.29, 0.717) is 6.61 Å². The Morgan fingerprint density at radius 3 is 2.71 bits per heavy atom. The fraction of sp³-hybridized carbons (Fsp3) is 0.172. The average Bonchev–Trinajstić information content (AvgIpc) is 3.30. The molecule has 6 nitrogen and oxygen atoms in total. The topological polar surface area (TPSA) is 80.1 Å². The molecule has 0 bridgehead atoms. The van der Waals surface area contributed by atoms with Gasteiger partial charge >= 0.3 is 0 Å². The average molecular weight is 462 g/mol. The molecule has 35 heavy (non-hydrogen) atoms. The molecular formula is C29H27N5O. The van der Waals surface area contributed by atoms with E-state index in [0.717, 1.165) is 65.7 Å². The second-order valence-electron chi connectivity index (χ2n) is 9.04. The third-order valence-corrected chi connectivity index (χ3v) is 6.56. The molecule has 6 heteroatoms. The zero-order valence-corrected chi connectivity index (χ0v) is 19.4. The molecule has 0 fully saturated rings. The SMILES string of the molecule is Nc1ccc(-c2ncc3c(n2)CCN(Cc2c[nH]c4ccc(OCc5ccccc5)cc24)C3)cc1. The van der Waals surface area contributed by atoms with Crippen LogP contribution in [0, 0.1) is 0 Å². The second kappa shape index (κ2) is 9.24. The van der Waals surface area contributed by atoms with Crippen LogP contribution in [-0.2, 0) is 26.1 Å². The van der Waals surface area contributed by atoms with E-state index in [9.17, 15) is 0 Å². The van der Waals surface area contributed by atoms with Crippen LogP contribution < -0.4 is 10.5 Å². The first-order valence-electron chi connectivity index (χ1n) is 11.9. The monoisotopic (exact) mass is 461 g/mol. The Bertz CT molecular complexity index is 1460. The van der Waals surface area contributed by atoms with Gasteiger partial charge in [0.25, 0.3) is 0 Å². The van der Waals surface area contributed by atoms with E-state index in [4.69, 9.17) is 15.5 Å². The summed E-state index contributed by atoms with van der Waals surface area (Å²) in [5, 5.41) is 1.20. The molecule has 0 saturated carbocycles. The van der Waals surface area contributed by atoms with E-state index in [-0.39, 0.29) is 0 Å². The van der Waals surface area contributed by atoms with Crippen LogP contribution in [0.15, 0.2) is 85.2 Å². The quantitative estimate of drug-likeness (QED) is 0.334. The van der Waals surface area contributed by atoms with Crippen LogP contribution >= 0.6 is 0 Å². The molecule has 174 valence electrons. The van der Waals surface area contributed by atoms with Gasteiger partial charge in [-0.05, 0) is 53.6 Å². The Kier molecular flexibility index (Phi) is 5.64. The van der Waals surface area contributed by atoms with Gasteiger partial charge in [-0.2, -0.15) is 0 Å². The minimum Gasteiger partial charge on any atom is -0.489 e. The number of H-pyrrole nitrogens is 1. The summed E-state index contributed by atoms with van der Waals surface area (Å²) in [4.78, 5) is 15.3. The van der Waals surface area contributed by atoms with Crippen molar-refractivity contribution in [2.24, 2.45) is 0 Å². The smallest absolute Gasteiger partial charge is 0.159 e. The number of aromatic nitrogens is 3. The number of hydrogen-bond donors (Lipinski definition) is 2. The van der Waals surface area contributed by atoms with Crippen LogP contribution in [0.25, 0.3) is 22.3 Å². The summed E-state index contributed by atoms with van der Waals surface area (Å²) in [6, 6.07) is 24.2. The fourth-order valence-corrected chi connectivity index (χ4v) is 4.64. The number of aromatic amines is 1. The van der Waals surface area contributed by atoms with Crippen LogP contribution in [0.1, 0.15) is 22.4 Å². The highest BCUT2D eigenvalue weighted by atomic mass is 16.5. The van der Waals surface area contributed by atoms with E-state index >= 15 is 0 Å². The van der Waals surface area contributed by atoms with Crippen LogP contribution in [0.2, 0.25) is 0 Å². The van der Waals surface area contributed by atoms with Gasteiger partial charge in [0.05, 0.1) is 5.69 Å². The number of benzene rings is 3. The van der Waals surface area contributed by atoms with Gasteiger partial charge in [0, 0.05) is 66.2 Å². The molecule has 0 spiro atoms. The Labute approximate surface area is 204 Å². The van der Waals surface area contributed by atoms with Gasteiger partial charge in [-0.3, -0.25) is 4.90 Å². The molecule has 0 aliphatic carbocycles. The summed E-state index contributed by atoms with van der Waals surface area (Å²) in [6.45, 7) is 3.23. The lowest BCUT2D eigenvalue weighted by Crippen LogP contribution is -2.30. The normalized spacial score (nSPS) is 13.6. The molecule has 1 aliphatic rings. The lowest BCUT2D eigenvalue weighted by Gasteiger charge is -2.28. The Balaban J connectivity index is 1.16. The Morgan fingerprint density at radius 2 is 1.86 bits per heavy atom. The Morgan fingerprint density at radius 1 is 1.00 bits per heavy atom. The molecule has 3 aromatic carbocycles. The van der Waals surface area contributed by atoms with Crippen molar-refractivity contribution in [3.05, 3.63) is 108 Å². The highest BCUT2D eigenvalue weighted by Gasteiger charge is 2.20. The van der Waals surface area contributed by atoms with Gasteiger partial charge in [-0.1, -0.05) is 30.3 Å². The number of nitrogens with zero attached hydrogens (tertiary/aromatic N) is 3. The van der Waals surface area contributed by atoms with Crippen molar-refractivity contribution >= 4 is 16.6 Å². The maximum atomic E-state index is 6.06. The highest BCUT2D eigenvalue weighted by molar-refractivity contribution is 5.84. The van der Waals surface area contributed by atoms with Crippen molar-refractivity contribution in [3.63, 3.8) is 0 Å². The number of rotatable bonds is 6. The zero-order valence-electron chi connectivity index (χ0n) is 19.4. The fourth-order valence-electron chi connectivity index (χ4n) is 4.64. The van der Waals surface area contributed by atoms with E-state index in [2.05, 4.69) is 45.3 Å². The second-order valence-corrected chi connectivity index (χ2v) is 9.04. The lowest BCUT2D eigenvalue weighted by atomic mass is 10.1. The van der Waals surface area contributed by atoms with Gasteiger partial charge < -0.3 is 15.5 Å². The first-order valence-corrected chi connectivity index (χ1v) is 11.9. The van der Waals surface area contributed by atoms with E-state index < -0.39 is 0 Å². The highest BCUT2D eigenvalue weighted by Crippen LogP contribution is 2.28. The summed E-state index contributed by atoms with van der Waals surface area (Å²) in [5.41, 5.74) is 13.4. The van der Waals surface area contributed by atoms with Gasteiger partial charge in [-0.25, -0.2) is 9.97 Å². The van der Waals surface area contributed by atoms with E-state index in [1.807, 2.05) is 54.7 Å². The third-order valence-electron chi connectivity index (χ3n) is 6.56. The van der Waals surface area contributed by atoms with Gasteiger partial charge in [0.2, 0.25) is 0 Å². The van der Waals surface area contributed by atoms with Gasteiger partial charge in [-0.15, -0.1) is 0 Å². The van der Waals surface area contributed by atoms with Crippen LogP contribution in [0.3, 0.4) is 0 Å². The first kappa shape index (κ1) is 21.4. The van der Waals surface area contributed by atoms with Gasteiger partial charge in [0.15, 0.2) is 5.82 Å². The number of hydrogen-bond acceptors (Lipinski definition) is 5. The molecule has 0 saturated heterocycles. The minimum atomic E-state index is 0.563. The maximum absolute atomic E-state index is 6.06. The molecule has 6 rings (SSSR count). The molecule has 0 radical (unpaired) electrons. The standard InChI is InChI=1S/C29H27N5O/c30-24-8-6-21(7-9-24)29-32-16-23-18-34(13-12-27(23)33-29)17-22-15-31-28-11-10-25(14-26(22)28)35-19-20-4-2-1-3-5-20/h1-11,14-16,31H,12-13,17-19,30H2. The molecule has 1 aliphatic heterocycles. The number of fused-ring (bicyclic) bond motifs is 2. The number of ether oxygens (including phenoxy) is 1. The predicted molar refractivity (Wildman–Crippen MR) is 139 cm³/mol. The zero-order chi connectivity index (χ0) is 23.6.